The molecule has 0 unspecified atom stereocenters. The number of halogens is 1. The zero-order valence-electron chi connectivity index (χ0n) is 12.3. The Hall–Kier alpha value is -2.14. The maximum atomic E-state index is 13.8. The summed E-state index contributed by atoms with van der Waals surface area (Å²) in [7, 11) is 0. The van der Waals surface area contributed by atoms with Gasteiger partial charge in [0.1, 0.15) is 5.82 Å². The summed E-state index contributed by atoms with van der Waals surface area (Å²) in [6, 6.07) is 8.00. The summed E-state index contributed by atoms with van der Waals surface area (Å²) in [4.78, 5) is 14.0. The van der Waals surface area contributed by atoms with Crippen molar-refractivity contribution in [1.82, 2.24) is 9.47 Å². The molecule has 1 saturated heterocycles. The first-order chi connectivity index (χ1) is 10.6. The topological polar surface area (TPSA) is 45.5 Å². The maximum Gasteiger partial charge on any atom is 0.223 e. The molecule has 1 N–H and O–H groups in total. The van der Waals surface area contributed by atoms with Crippen LogP contribution in [0, 0.1) is 5.82 Å². The van der Waals surface area contributed by atoms with Gasteiger partial charge in [-0.25, -0.2) is 4.39 Å². The quantitative estimate of drug-likeness (QED) is 0.943. The van der Waals surface area contributed by atoms with E-state index < -0.39 is 0 Å². The van der Waals surface area contributed by atoms with Gasteiger partial charge in [0, 0.05) is 23.9 Å². The number of hydrogen-bond donors (Lipinski definition) is 1. The number of nitrogens with zero attached hydrogens (tertiary/aromatic N) is 2. The smallest absolute Gasteiger partial charge is 0.223 e. The predicted molar refractivity (Wildman–Crippen MR) is 82.4 cm³/mol. The minimum atomic E-state index is -0.390. The molecule has 0 atom stereocenters. The Labute approximate surface area is 128 Å². The number of hydrogen-bond acceptors (Lipinski definition) is 3. The molecule has 0 spiro atoms. The minimum absolute atomic E-state index is 0.284. The molecule has 22 heavy (non-hydrogen) atoms. The van der Waals surface area contributed by atoms with Gasteiger partial charge in [-0.2, -0.15) is 0 Å². The van der Waals surface area contributed by atoms with Crippen molar-refractivity contribution in [1.29, 1.82) is 0 Å². The molecule has 3 rings (SSSR count). The van der Waals surface area contributed by atoms with Crippen LogP contribution in [0.1, 0.15) is 24.1 Å². The fourth-order valence-electron chi connectivity index (χ4n) is 2.87. The van der Waals surface area contributed by atoms with Crippen LogP contribution in [0.3, 0.4) is 0 Å². The number of pyridine rings is 1. The lowest BCUT2D eigenvalue weighted by molar-refractivity contribution is 0.319. The van der Waals surface area contributed by atoms with Crippen LogP contribution in [0.15, 0.2) is 41.3 Å². The molecule has 1 aromatic heterocycles. The molecule has 0 radical (unpaired) electrons. The standard InChI is InChI=1S/C17H19FN2O2/c18-15-6-2-1-5-13(15)10-20-12-17(22)16(21)9-14(20)11-19-7-3-4-8-19/h1-2,5-6,9,12,22H,3-4,7-8,10-11H2. The van der Waals surface area contributed by atoms with E-state index in [-0.39, 0.29) is 17.0 Å². The lowest BCUT2D eigenvalue weighted by atomic mass is 10.2. The monoisotopic (exact) mass is 302 g/mol. The van der Waals surface area contributed by atoms with Gasteiger partial charge >= 0.3 is 0 Å². The van der Waals surface area contributed by atoms with E-state index in [1.54, 1.807) is 22.8 Å². The zero-order chi connectivity index (χ0) is 15.5. The molecule has 1 aromatic carbocycles. The van der Waals surface area contributed by atoms with Gasteiger partial charge < -0.3 is 9.67 Å². The van der Waals surface area contributed by atoms with E-state index in [1.165, 1.54) is 18.3 Å². The molecular weight excluding hydrogens is 283 g/mol. The highest BCUT2D eigenvalue weighted by molar-refractivity contribution is 5.24. The van der Waals surface area contributed by atoms with Crippen molar-refractivity contribution < 1.29 is 9.50 Å². The Kier molecular flexibility index (Phi) is 4.24. The number of rotatable bonds is 4. The van der Waals surface area contributed by atoms with E-state index in [0.717, 1.165) is 31.6 Å². The average molecular weight is 302 g/mol. The molecule has 1 fully saturated rings. The Morgan fingerprint density at radius 2 is 1.86 bits per heavy atom. The van der Waals surface area contributed by atoms with Gasteiger partial charge in [0.05, 0.1) is 12.7 Å². The molecule has 0 amide bonds. The van der Waals surface area contributed by atoms with Crippen LogP contribution in [0.2, 0.25) is 0 Å². The van der Waals surface area contributed by atoms with Crippen LogP contribution in [-0.4, -0.2) is 27.7 Å². The SMILES string of the molecule is O=c1cc(CN2CCCC2)n(Cc2ccccc2F)cc1O. The summed E-state index contributed by atoms with van der Waals surface area (Å²) in [5.74, 6) is -0.589. The van der Waals surface area contributed by atoms with Crippen LogP contribution in [0.25, 0.3) is 0 Å². The summed E-state index contributed by atoms with van der Waals surface area (Å²) < 4.78 is 15.6. The van der Waals surface area contributed by atoms with Gasteiger partial charge in [-0.3, -0.25) is 9.69 Å². The van der Waals surface area contributed by atoms with Crippen LogP contribution in [0.5, 0.6) is 5.75 Å². The van der Waals surface area contributed by atoms with Crippen LogP contribution >= 0.6 is 0 Å². The molecule has 0 saturated carbocycles. The summed E-state index contributed by atoms with van der Waals surface area (Å²) in [5.41, 5.74) is 0.945. The molecule has 5 heteroatoms. The fourth-order valence-corrected chi connectivity index (χ4v) is 2.87. The molecule has 116 valence electrons. The molecule has 1 aliphatic heterocycles. The van der Waals surface area contributed by atoms with Gasteiger partial charge in [-0.1, -0.05) is 18.2 Å². The average Bonchev–Trinajstić information content (AvgIpc) is 2.99. The molecule has 2 aromatic rings. The van der Waals surface area contributed by atoms with E-state index in [9.17, 15) is 14.3 Å². The third-order valence-corrected chi connectivity index (χ3v) is 4.08. The number of aromatic nitrogens is 1. The second-order valence-electron chi connectivity index (χ2n) is 5.72. The number of benzene rings is 1. The summed E-state index contributed by atoms with van der Waals surface area (Å²) in [6.07, 6.45) is 3.73. The van der Waals surface area contributed by atoms with Gasteiger partial charge in [-0.15, -0.1) is 0 Å². The van der Waals surface area contributed by atoms with Gasteiger partial charge in [0.25, 0.3) is 0 Å². The first kappa shape index (κ1) is 14.8. The van der Waals surface area contributed by atoms with Crippen LogP contribution < -0.4 is 5.43 Å². The molecule has 0 bridgehead atoms. The molecule has 4 nitrogen and oxygen atoms in total. The predicted octanol–water partition coefficient (Wildman–Crippen LogP) is 2.34. The lowest BCUT2D eigenvalue weighted by Gasteiger charge is -2.19. The first-order valence-electron chi connectivity index (χ1n) is 7.51. The van der Waals surface area contributed by atoms with Crippen molar-refractivity contribution in [3.8, 4) is 5.75 Å². The molecule has 0 aliphatic carbocycles. The van der Waals surface area contributed by atoms with Crippen molar-refractivity contribution in [2.75, 3.05) is 13.1 Å². The Bertz CT molecular complexity index is 721. The second kappa shape index (κ2) is 6.32. The van der Waals surface area contributed by atoms with Crippen molar-refractivity contribution >= 4 is 0 Å². The zero-order valence-corrected chi connectivity index (χ0v) is 12.3. The van der Waals surface area contributed by atoms with Crippen molar-refractivity contribution in [2.45, 2.75) is 25.9 Å². The van der Waals surface area contributed by atoms with Gasteiger partial charge in [0.15, 0.2) is 5.75 Å². The Morgan fingerprint density at radius 1 is 1.14 bits per heavy atom. The van der Waals surface area contributed by atoms with E-state index in [4.69, 9.17) is 0 Å². The van der Waals surface area contributed by atoms with Gasteiger partial charge in [-0.05, 0) is 32.0 Å². The first-order valence-corrected chi connectivity index (χ1v) is 7.51. The summed E-state index contributed by atoms with van der Waals surface area (Å²) >= 11 is 0. The van der Waals surface area contributed by atoms with Crippen molar-refractivity contribution in [3.63, 3.8) is 0 Å². The van der Waals surface area contributed by atoms with E-state index in [0.29, 0.717) is 18.7 Å². The summed E-state index contributed by atoms with van der Waals surface area (Å²) in [5, 5.41) is 9.69. The fraction of sp³-hybridized carbons (Fsp3) is 0.353. The van der Waals surface area contributed by atoms with E-state index >= 15 is 0 Å². The minimum Gasteiger partial charge on any atom is -0.503 e. The van der Waals surface area contributed by atoms with E-state index in [1.807, 2.05) is 0 Å². The highest BCUT2D eigenvalue weighted by Crippen LogP contribution is 2.16. The van der Waals surface area contributed by atoms with Crippen LogP contribution in [-0.2, 0) is 13.1 Å². The highest BCUT2D eigenvalue weighted by Gasteiger charge is 2.15. The second-order valence-corrected chi connectivity index (χ2v) is 5.72. The van der Waals surface area contributed by atoms with Gasteiger partial charge in [0.2, 0.25) is 5.43 Å². The Morgan fingerprint density at radius 3 is 2.59 bits per heavy atom. The third-order valence-electron chi connectivity index (χ3n) is 4.08. The largest absolute Gasteiger partial charge is 0.503 e. The summed E-state index contributed by atoms with van der Waals surface area (Å²) in [6.45, 7) is 2.96. The maximum absolute atomic E-state index is 13.8. The van der Waals surface area contributed by atoms with E-state index in [2.05, 4.69) is 4.90 Å². The normalized spacial score (nSPS) is 15.3. The number of aromatic hydroxyl groups is 1. The van der Waals surface area contributed by atoms with Crippen molar-refractivity contribution in [3.05, 3.63) is 63.8 Å². The van der Waals surface area contributed by atoms with Crippen molar-refractivity contribution in [2.24, 2.45) is 0 Å². The van der Waals surface area contributed by atoms with Crippen LogP contribution in [0.4, 0.5) is 4.39 Å². The molecule has 2 heterocycles. The molecule has 1 aliphatic rings. The molecular formula is C17H19FN2O2. The lowest BCUT2D eigenvalue weighted by Crippen LogP contribution is -2.23. The number of likely N-dealkylation sites (tertiary alicyclic amines) is 1. The third kappa shape index (κ3) is 3.20. The Balaban J connectivity index is 1.92. The highest BCUT2D eigenvalue weighted by atomic mass is 19.1.